The van der Waals surface area contributed by atoms with Crippen LogP contribution in [-0.4, -0.2) is 53.9 Å². The molecule has 0 radical (unpaired) electrons. The number of nitrogens with zero attached hydrogens (tertiary/aromatic N) is 3. The lowest BCUT2D eigenvalue weighted by Crippen LogP contribution is -2.26. The minimum atomic E-state index is -0.571. The average Bonchev–Trinajstić information content (AvgIpc) is 2.91. The van der Waals surface area contributed by atoms with Gasteiger partial charge in [0.15, 0.2) is 0 Å². The molecule has 0 aliphatic carbocycles. The molecular formula is C16H18ClFN4O2. The van der Waals surface area contributed by atoms with Crippen LogP contribution in [0, 0.1) is 0 Å². The second-order valence-corrected chi connectivity index (χ2v) is 5.49. The minimum Gasteiger partial charge on any atom is -0.514 e. The Bertz CT molecular complexity index is 703. The van der Waals surface area contributed by atoms with E-state index in [2.05, 4.69) is 15.3 Å². The maximum absolute atomic E-state index is 12.5. The molecule has 2 N–H and O–H groups in total. The summed E-state index contributed by atoms with van der Waals surface area (Å²) in [5.74, 6) is 0.533. The molecular weight excluding hydrogens is 335 g/mol. The summed E-state index contributed by atoms with van der Waals surface area (Å²) >= 11 is 5.81. The van der Waals surface area contributed by atoms with Gasteiger partial charge in [-0.3, -0.25) is 9.79 Å². The Morgan fingerprint density at radius 2 is 2.42 bits per heavy atom. The molecule has 0 spiro atoms. The van der Waals surface area contributed by atoms with Gasteiger partial charge in [0.25, 0.3) is 5.91 Å². The van der Waals surface area contributed by atoms with Crippen molar-refractivity contribution < 1.29 is 14.3 Å². The lowest BCUT2D eigenvalue weighted by Gasteiger charge is -2.16. The second-order valence-electron chi connectivity index (χ2n) is 5.05. The summed E-state index contributed by atoms with van der Waals surface area (Å²) in [7, 11) is 1.75. The lowest BCUT2D eigenvalue weighted by atomic mass is 10.1. The highest BCUT2D eigenvalue weighted by Gasteiger charge is 2.29. The molecule has 2 rings (SSSR count). The predicted molar refractivity (Wildman–Crippen MR) is 92.5 cm³/mol. The SMILES string of the molecule is CNc1nccc2c1CN(CC(/C=N\CCF)=C/C(Cl)=C/O)C2=O. The molecule has 0 bridgehead atoms. The summed E-state index contributed by atoms with van der Waals surface area (Å²) < 4.78 is 12.2. The van der Waals surface area contributed by atoms with Crippen molar-refractivity contribution in [2.45, 2.75) is 6.54 Å². The number of allylic oxidation sites excluding steroid dienone is 2. The Kier molecular flexibility index (Phi) is 6.31. The van der Waals surface area contributed by atoms with Gasteiger partial charge < -0.3 is 15.3 Å². The van der Waals surface area contributed by atoms with Crippen molar-refractivity contribution in [3.8, 4) is 0 Å². The Labute approximate surface area is 144 Å². The smallest absolute Gasteiger partial charge is 0.255 e. The molecule has 0 aromatic carbocycles. The van der Waals surface area contributed by atoms with E-state index < -0.39 is 6.67 Å². The fourth-order valence-electron chi connectivity index (χ4n) is 2.42. The first-order valence-corrected chi connectivity index (χ1v) is 7.69. The van der Waals surface area contributed by atoms with Gasteiger partial charge in [-0.05, 0) is 17.7 Å². The fourth-order valence-corrected chi connectivity index (χ4v) is 2.56. The maximum Gasteiger partial charge on any atom is 0.255 e. The molecule has 8 heteroatoms. The number of hydrogen-bond acceptors (Lipinski definition) is 5. The zero-order chi connectivity index (χ0) is 17.5. The number of fused-ring (bicyclic) bond motifs is 1. The molecule has 1 aliphatic rings. The number of carbonyl (C=O) groups is 1. The van der Waals surface area contributed by atoms with Gasteiger partial charge >= 0.3 is 0 Å². The normalized spacial score (nSPS) is 15.3. The van der Waals surface area contributed by atoms with Crippen molar-refractivity contribution in [1.82, 2.24) is 9.88 Å². The van der Waals surface area contributed by atoms with Crippen molar-refractivity contribution in [2.75, 3.05) is 32.1 Å². The second kappa shape index (κ2) is 8.44. The van der Waals surface area contributed by atoms with Crippen LogP contribution < -0.4 is 5.32 Å². The van der Waals surface area contributed by atoms with E-state index in [0.29, 0.717) is 23.5 Å². The molecule has 24 heavy (non-hydrogen) atoms. The van der Waals surface area contributed by atoms with Crippen LogP contribution in [-0.2, 0) is 6.54 Å². The van der Waals surface area contributed by atoms with Gasteiger partial charge in [0.1, 0.15) is 12.5 Å². The van der Waals surface area contributed by atoms with E-state index in [4.69, 9.17) is 16.7 Å². The Balaban J connectivity index is 2.22. The number of carbonyl (C=O) groups excluding carboxylic acids is 1. The third-order valence-corrected chi connectivity index (χ3v) is 3.66. The number of pyridine rings is 1. The van der Waals surface area contributed by atoms with E-state index in [9.17, 15) is 9.18 Å². The topological polar surface area (TPSA) is 77.8 Å². The highest BCUT2D eigenvalue weighted by Crippen LogP contribution is 2.28. The first kappa shape index (κ1) is 17.9. The van der Waals surface area contributed by atoms with Crippen LogP contribution in [0.15, 0.2) is 40.2 Å². The van der Waals surface area contributed by atoms with Crippen LogP contribution in [0.5, 0.6) is 0 Å². The Hall–Kier alpha value is -2.41. The molecule has 128 valence electrons. The number of aliphatic imine (C=N–C) groups is 1. The number of alkyl halides is 1. The number of amides is 1. The van der Waals surface area contributed by atoms with Crippen molar-refractivity contribution >= 4 is 29.5 Å². The highest BCUT2D eigenvalue weighted by molar-refractivity contribution is 6.31. The van der Waals surface area contributed by atoms with Gasteiger partial charge in [-0.2, -0.15) is 0 Å². The molecule has 0 saturated heterocycles. The molecule has 6 nitrogen and oxygen atoms in total. The number of nitrogens with one attached hydrogen (secondary N) is 1. The van der Waals surface area contributed by atoms with Crippen molar-refractivity contribution in [3.63, 3.8) is 0 Å². The van der Waals surface area contributed by atoms with Crippen LogP contribution >= 0.6 is 11.6 Å². The quantitative estimate of drug-likeness (QED) is 0.449. The zero-order valence-electron chi connectivity index (χ0n) is 13.2. The van der Waals surface area contributed by atoms with E-state index in [0.717, 1.165) is 11.8 Å². The monoisotopic (exact) mass is 352 g/mol. The first-order valence-electron chi connectivity index (χ1n) is 7.31. The summed E-state index contributed by atoms with van der Waals surface area (Å²) in [6, 6.07) is 1.68. The van der Waals surface area contributed by atoms with Crippen LogP contribution in [0.25, 0.3) is 0 Å². The third kappa shape index (κ3) is 4.11. The third-order valence-electron chi connectivity index (χ3n) is 3.45. The first-order chi connectivity index (χ1) is 11.6. The summed E-state index contributed by atoms with van der Waals surface area (Å²) in [4.78, 5) is 22.3. The van der Waals surface area contributed by atoms with Crippen LogP contribution in [0.2, 0.25) is 0 Å². The molecule has 1 aliphatic heterocycles. The lowest BCUT2D eigenvalue weighted by molar-refractivity contribution is 0.0794. The number of hydrogen-bond donors (Lipinski definition) is 2. The molecule has 2 heterocycles. The number of aromatic nitrogens is 1. The summed E-state index contributed by atoms with van der Waals surface area (Å²) in [5.41, 5.74) is 2.01. The van der Waals surface area contributed by atoms with Crippen molar-refractivity contribution in [2.24, 2.45) is 4.99 Å². The Morgan fingerprint density at radius 1 is 1.62 bits per heavy atom. The molecule has 0 unspecified atom stereocenters. The fraction of sp³-hybridized carbons (Fsp3) is 0.312. The molecule has 0 saturated carbocycles. The highest BCUT2D eigenvalue weighted by atomic mass is 35.5. The zero-order valence-corrected chi connectivity index (χ0v) is 13.9. The predicted octanol–water partition coefficient (Wildman–Crippen LogP) is 2.68. The van der Waals surface area contributed by atoms with Gasteiger partial charge in [0, 0.05) is 37.1 Å². The van der Waals surface area contributed by atoms with Crippen molar-refractivity contribution in [1.29, 1.82) is 0 Å². The average molecular weight is 353 g/mol. The van der Waals surface area contributed by atoms with Gasteiger partial charge in [0.05, 0.1) is 24.4 Å². The van der Waals surface area contributed by atoms with E-state index in [1.165, 1.54) is 12.3 Å². The standard InChI is InChI=1S/C16H18ClFN4O2/c1-19-15-14-9-22(16(24)13(14)2-4-21-15)8-11(6-12(17)10-23)7-20-5-3-18/h2,4,6-7,10,23H,3,5,8-9H2,1H3,(H,19,21)/b11-6+,12-10-,20-7-. The van der Waals surface area contributed by atoms with Crippen LogP contribution in [0.3, 0.4) is 0 Å². The van der Waals surface area contributed by atoms with E-state index >= 15 is 0 Å². The number of anilines is 1. The Morgan fingerprint density at radius 3 is 3.08 bits per heavy atom. The summed E-state index contributed by atoms with van der Waals surface area (Å²) in [6.07, 6.45) is 5.26. The number of rotatable bonds is 7. The molecule has 0 atom stereocenters. The van der Waals surface area contributed by atoms with Gasteiger partial charge in [-0.15, -0.1) is 0 Å². The minimum absolute atomic E-state index is 0.0276. The largest absolute Gasteiger partial charge is 0.514 e. The molecule has 1 aromatic rings. The summed E-state index contributed by atoms with van der Waals surface area (Å²) in [5, 5.41) is 12.0. The van der Waals surface area contributed by atoms with Gasteiger partial charge in [-0.1, -0.05) is 11.6 Å². The molecule has 1 aromatic heterocycles. The van der Waals surface area contributed by atoms with E-state index in [1.54, 1.807) is 24.2 Å². The van der Waals surface area contributed by atoms with Crippen LogP contribution in [0.4, 0.5) is 10.2 Å². The molecule has 0 fully saturated rings. The molecule has 1 amide bonds. The maximum atomic E-state index is 12.5. The number of aliphatic hydroxyl groups excluding tert-OH is 1. The summed E-state index contributed by atoms with van der Waals surface area (Å²) in [6.45, 7) is 0.0852. The number of aliphatic hydroxyl groups is 1. The number of halogens is 2. The van der Waals surface area contributed by atoms with Gasteiger partial charge in [0.2, 0.25) is 0 Å². The van der Waals surface area contributed by atoms with E-state index in [-0.39, 0.29) is 24.0 Å². The van der Waals surface area contributed by atoms with Crippen molar-refractivity contribution in [3.05, 3.63) is 46.3 Å². The van der Waals surface area contributed by atoms with Gasteiger partial charge in [-0.25, -0.2) is 9.37 Å². The van der Waals surface area contributed by atoms with E-state index in [1.807, 2.05) is 0 Å². The van der Waals surface area contributed by atoms with Crippen LogP contribution in [0.1, 0.15) is 15.9 Å².